The van der Waals surface area contributed by atoms with Crippen LogP contribution in [0.15, 0.2) is 29.2 Å². The molecular weight excluding hydrogens is 288 g/mol. The molecule has 2 aromatic heterocycles. The Kier molecular flexibility index (Phi) is 3.47. The number of hydrogen-bond donors (Lipinski definition) is 1. The zero-order chi connectivity index (χ0) is 15.0. The molecule has 0 amide bonds. The van der Waals surface area contributed by atoms with Crippen molar-refractivity contribution in [1.82, 2.24) is 9.38 Å². The van der Waals surface area contributed by atoms with Crippen molar-refractivity contribution in [3.8, 4) is 0 Å². The Balaban J connectivity index is 2.12. The number of aromatic nitrogens is 2. The van der Waals surface area contributed by atoms with Gasteiger partial charge in [0, 0.05) is 18.2 Å². The molecule has 0 radical (unpaired) electrons. The van der Waals surface area contributed by atoms with Crippen molar-refractivity contribution in [2.75, 3.05) is 0 Å². The lowest BCUT2D eigenvalue weighted by Gasteiger charge is -2.00. The zero-order valence-electron chi connectivity index (χ0n) is 11.5. The SMILES string of the molecule is CCc1cn2c(nc1=O)sc1cc(CCC(=O)O)ccc12. The Morgan fingerprint density at radius 2 is 2.24 bits per heavy atom. The van der Waals surface area contributed by atoms with Crippen molar-refractivity contribution in [3.05, 3.63) is 45.9 Å². The second kappa shape index (κ2) is 5.29. The zero-order valence-corrected chi connectivity index (χ0v) is 12.3. The van der Waals surface area contributed by atoms with Crippen LogP contribution >= 0.6 is 11.3 Å². The third-order valence-corrected chi connectivity index (χ3v) is 4.47. The predicted octanol–water partition coefficient (Wildman–Crippen LogP) is 2.49. The van der Waals surface area contributed by atoms with Gasteiger partial charge in [0.25, 0.3) is 5.56 Å². The van der Waals surface area contributed by atoms with E-state index in [0.29, 0.717) is 23.4 Å². The fraction of sp³-hybridized carbons (Fsp3) is 0.267. The van der Waals surface area contributed by atoms with Crippen molar-refractivity contribution >= 4 is 32.5 Å². The number of carboxylic acids is 1. The van der Waals surface area contributed by atoms with E-state index in [4.69, 9.17) is 5.11 Å². The van der Waals surface area contributed by atoms with Crippen LogP contribution in [0, 0.1) is 0 Å². The normalized spacial score (nSPS) is 11.3. The molecule has 6 heteroatoms. The summed E-state index contributed by atoms with van der Waals surface area (Å²) in [5.41, 5.74) is 2.50. The van der Waals surface area contributed by atoms with Crippen LogP contribution < -0.4 is 5.56 Å². The van der Waals surface area contributed by atoms with Gasteiger partial charge in [0.1, 0.15) is 0 Å². The van der Waals surface area contributed by atoms with Gasteiger partial charge in [-0.1, -0.05) is 24.3 Å². The molecule has 0 aliphatic heterocycles. The predicted molar refractivity (Wildman–Crippen MR) is 82.2 cm³/mol. The third-order valence-electron chi connectivity index (χ3n) is 3.46. The van der Waals surface area contributed by atoms with E-state index in [9.17, 15) is 9.59 Å². The third kappa shape index (κ3) is 2.54. The lowest BCUT2D eigenvalue weighted by atomic mass is 10.1. The molecule has 1 N–H and O–H groups in total. The average Bonchev–Trinajstić information content (AvgIpc) is 2.80. The number of thiazole rings is 1. The summed E-state index contributed by atoms with van der Waals surface area (Å²) in [6.45, 7) is 1.93. The van der Waals surface area contributed by atoms with Gasteiger partial charge in [-0.15, -0.1) is 0 Å². The summed E-state index contributed by atoms with van der Waals surface area (Å²) >= 11 is 1.45. The molecule has 0 atom stereocenters. The van der Waals surface area contributed by atoms with Gasteiger partial charge in [0.2, 0.25) is 0 Å². The molecule has 0 fully saturated rings. The van der Waals surface area contributed by atoms with Crippen molar-refractivity contribution in [2.45, 2.75) is 26.2 Å². The molecule has 0 aliphatic carbocycles. The van der Waals surface area contributed by atoms with Crippen LogP contribution in [0.4, 0.5) is 0 Å². The van der Waals surface area contributed by atoms with E-state index in [2.05, 4.69) is 4.98 Å². The first-order valence-electron chi connectivity index (χ1n) is 6.74. The maximum absolute atomic E-state index is 11.8. The Hall–Kier alpha value is -2.21. The van der Waals surface area contributed by atoms with Crippen LogP contribution in [-0.2, 0) is 17.6 Å². The summed E-state index contributed by atoms with van der Waals surface area (Å²) in [6, 6.07) is 5.87. The van der Waals surface area contributed by atoms with Gasteiger partial charge < -0.3 is 5.11 Å². The molecule has 0 unspecified atom stereocenters. The summed E-state index contributed by atoms with van der Waals surface area (Å²) < 4.78 is 2.94. The van der Waals surface area contributed by atoms with E-state index in [0.717, 1.165) is 15.8 Å². The van der Waals surface area contributed by atoms with Crippen molar-refractivity contribution in [3.63, 3.8) is 0 Å². The van der Waals surface area contributed by atoms with Crippen LogP contribution in [0.25, 0.3) is 15.2 Å². The smallest absolute Gasteiger partial charge is 0.303 e. The fourth-order valence-corrected chi connectivity index (χ4v) is 3.37. The minimum Gasteiger partial charge on any atom is -0.481 e. The van der Waals surface area contributed by atoms with E-state index in [1.165, 1.54) is 11.3 Å². The number of aliphatic carboxylic acids is 1. The number of nitrogens with zero attached hydrogens (tertiary/aromatic N) is 2. The molecular formula is C15H14N2O3S. The fourth-order valence-electron chi connectivity index (χ4n) is 2.31. The topological polar surface area (TPSA) is 71.7 Å². The molecule has 108 valence electrons. The number of carbonyl (C=O) groups is 1. The van der Waals surface area contributed by atoms with E-state index in [1.54, 1.807) is 0 Å². The lowest BCUT2D eigenvalue weighted by Crippen LogP contribution is -2.13. The molecule has 5 nitrogen and oxygen atoms in total. The van der Waals surface area contributed by atoms with Gasteiger partial charge in [0.05, 0.1) is 10.2 Å². The monoisotopic (exact) mass is 302 g/mol. The highest BCUT2D eigenvalue weighted by molar-refractivity contribution is 7.23. The van der Waals surface area contributed by atoms with E-state index >= 15 is 0 Å². The molecule has 3 rings (SSSR count). The quantitative estimate of drug-likeness (QED) is 0.803. The van der Waals surface area contributed by atoms with E-state index in [1.807, 2.05) is 35.7 Å². The second-order valence-electron chi connectivity index (χ2n) is 4.88. The first-order valence-corrected chi connectivity index (χ1v) is 7.55. The average molecular weight is 302 g/mol. The van der Waals surface area contributed by atoms with Gasteiger partial charge >= 0.3 is 5.97 Å². The molecule has 2 heterocycles. The first kappa shape index (κ1) is 13.8. The minimum absolute atomic E-state index is 0.118. The maximum Gasteiger partial charge on any atom is 0.303 e. The molecule has 0 saturated carbocycles. The minimum atomic E-state index is -0.800. The van der Waals surface area contributed by atoms with Crippen LogP contribution in [0.1, 0.15) is 24.5 Å². The number of benzene rings is 1. The first-order chi connectivity index (χ1) is 10.1. The molecule has 0 aliphatic rings. The van der Waals surface area contributed by atoms with Gasteiger partial charge in [-0.3, -0.25) is 14.0 Å². The van der Waals surface area contributed by atoms with E-state index < -0.39 is 5.97 Å². The van der Waals surface area contributed by atoms with Crippen molar-refractivity contribution in [1.29, 1.82) is 0 Å². The van der Waals surface area contributed by atoms with Crippen molar-refractivity contribution < 1.29 is 9.90 Å². The molecule has 1 aromatic carbocycles. The highest BCUT2D eigenvalue weighted by Crippen LogP contribution is 2.26. The van der Waals surface area contributed by atoms with Gasteiger partial charge in [0.15, 0.2) is 4.96 Å². The van der Waals surface area contributed by atoms with Crippen LogP contribution in [0.2, 0.25) is 0 Å². The second-order valence-corrected chi connectivity index (χ2v) is 5.88. The standard InChI is InChI=1S/C15H14N2O3S/c1-2-10-8-17-11-5-3-9(4-6-13(18)19)7-12(11)21-15(17)16-14(10)20/h3,5,7-8H,2,4,6H2,1H3,(H,18,19). The van der Waals surface area contributed by atoms with Crippen LogP contribution in [-0.4, -0.2) is 20.5 Å². The van der Waals surface area contributed by atoms with Gasteiger partial charge in [-0.2, -0.15) is 4.98 Å². The number of fused-ring (bicyclic) bond motifs is 3. The summed E-state index contributed by atoms with van der Waals surface area (Å²) in [5.74, 6) is -0.800. The van der Waals surface area contributed by atoms with E-state index in [-0.39, 0.29) is 12.0 Å². The summed E-state index contributed by atoms with van der Waals surface area (Å²) in [6.07, 6.45) is 3.13. The van der Waals surface area contributed by atoms with Gasteiger partial charge in [-0.05, 0) is 30.5 Å². The number of rotatable bonds is 4. The number of hydrogen-bond acceptors (Lipinski definition) is 4. The Labute approximate surface area is 124 Å². The molecule has 0 spiro atoms. The highest BCUT2D eigenvalue weighted by Gasteiger charge is 2.09. The van der Waals surface area contributed by atoms with Gasteiger partial charge in [-0.25, -0.2) is 0 Å². The van der Waals surface area contributed by atoms with Crippen LogP contribution in [0.5, 0.6) is 0 Å². The summed E-state index contributed by atoms with van der Waals surface area (Å²) in [7, 11) is 0. The highest BCUT2D eigenvalue weighted by atomic mass is 32.1. The Morgan fingerprint density at radius 3 is 2.95 bits per heavy atom. The largest absolute Gasteiger partial charge is 0.481 e. The summed E-state index contributed by atoms with van der Waals surface area (Å²) in [4.78, 5) is 27.2. The Morgan fingerprint density at radius 1 is 1.43 bits per heavy atom. The van der Waals surface area contributed by atoms with Crippen molar-refractivity contribution in [2.24, 2.45) is 0 Å². The molecule has 0 bridgehead atoms. The lowest BCUT2D eigenvalue weighted by molar-refractivity contribution is -0.136. The maximum atomic E-state index is 11.8. The Bertz CT molecular complexity index is 895. The molecule has 3 aromatic rings. The summed E-state index contributed by atoms with van der Waals surface area (Å²) in [5, 5.41) is 8.74. The molecule has 21 heavy (non-hydrogen) atoms. The number of carboxylic acid groups (broad SMARTS) is 1. The number of aryl methyl sites for hydroxylation is 2. The molecule has 0 saturated heterocycles. The van der Waals surface area contributed by atoms with Crippen LogP contribution in [0.3, 0.4) is 0 Å².